The molecule has 1 amide bonds. The molecule has 0 bridgehead atoms. The highest BCUT2D eigenvalue weighted by molar-refractivity contribution is 9.10. The number of carbonyl (C=O) groups excluding carboxylic acids is 1. The fraction of sp³-hybridized carbons (Fsp3) is 0.250. The first-order chi connectivity index (χ1) is 10.5. The quantitative estimate of drug-likeness (QED) is 0.839. The van der Waals surface area contributed by atoms with E-state index >= 15 is 0 Å². The zero-order valence-corrected chi connectivity index (χ0v) is 13.9. The topological polar surface area (TPSA) is 36.4 Å². The average Bonchev–Trinajstić information content (AvgIpc) is 2.78. The summed E-state index contributed by atoms with van der Waals surface area (Å²) in [5.41, 5.74) is 2.61. The number of halogens is 2. The zero-order valence-electron chi connectivity index (χ0n) is 12.3. The minimum Gasteiger partial charge on any atom is -0.377 e. The van der Waals surface area contributed by atoms with E-state index in [0.29, 0.717) is 22.1 Å². The summed E-state index contributed by atoms with van der Waals surface area (Å²) in [5.74, 6) is -0.426. The molecule has 0 fully saturated rings. The number of amides is 1. The third-order valence-electron chi connectivity index (χ3n) is 3.72. The largest absolute Gasteiger partial charge is 0.377 e. The molecule has 0 aliphatic carbocycles. The predicted molar refractivity (Wildman–Crippen MR) is 86.2 cm³/mol. The van der Waals surface area contributed by atoms with Crippen molar-refractivity contribution < 1.29 is 9.18 Å². The second-order valence-corrected chi connectivity index (χ2v) is 6.35. The summed E-state index contributed by atoms with van der Waals surface area (Å²) in [6.45, 7) is 0.638. The Kier molecular flexibility index (Phi) is 3.87. The van der Waals surface area contributed by atoms with Crippen molar-refractivity contribution in [3.63, 3.8) is 0 Å². The molecule has 1 aliphatic heterocycles. The highest BCUT2D eigenvalue weighted by Gasteiger charge is 2.29. The second kappa shape index (κ2) is 5.68. The lowest BCUT2D eigenvalue weighted by atomic mass is 10.1. The summed E-state index contributed by atoms with van der Waals surface area (Å²) < 4.78 is 15.0. The number of carbonyl (C=O) groups is 1. The number of anilines is 1. The summed E-state index contributed by atoms with van der Waals surface area (Å²) in [6, 6.07) is 6.78. The first-order valence-electron chi connectivity index (χ1n) is 6.86. The lowest BCUT2D eigenvalue weighted by Gasteiger charge is -2.22. The van der Waals surface area contributed by atoms with Crippen molar-refractivity contribution in [2.75, 3.05) is 19.0 Å². The Hall–Kier alpha value is -1.95. The Bertz CT molecular complexity index is 748. The van der Waals surface area contributed by atoms with Crippen LogP contribution in [0.4, 0.5) is 10.1 Å². The van der Waals surface area contributed by atoms with Gasteiger partial charge in [-0.05, 0) is 24.3 Å². The molecule has 0 atom stereocenters. The van der Waals surface area contributed by atoms with Crippen LogP contribution in [0.1, 0.15) is 21.6 Å². The van der Waals surface area contributed by atoms with E-state index in [-0.39, 0.29) is 18.3 Å². The normalized spacial score (nSPS) is 13.5. The lowest BCUT2D eigenvalue weighted by Crippen LogP contribution is -2.25. The van der Waals surface area contributed by atoms with Gasteiger partial charge in [0, 0.05) is 36.0 Å². The van der Waals surface area contributed by atoms with Crippen molar-refractivity contribution in [3.8, 4) is 0 Å². The highest BCUT2D eigenvalue weighted by Crippen LogP contribution is 2.30. The molecule has 0 radical (unpaired) electrons. The number of aromatic nitrogens is 1. The first kappa shape index (κ1) is 15.0. The number of benzene rings is 1. The Morgan fingerprint density at radius 2 is 2.18 bits per heavy atom. The maximum absolute atomic E-state index is 14.4. The summed E-state index contributed by atoms with van der Waals surface area (Å²) >= 11 is 3.31. The molecule has 114 valence electrons. The van der Waals surface area contributed by atoms with Crippen LogP contribution in [-0.2, 0) is 13.1 Å². The highest BCUT2D eigenvalue weighted by atomic mass is 79.9. The third-order valence-corrected chi connectivity index (χ3v) is 4.17. The molecule has 0 unspecified atom stereocenters. The smallest absolute Gasteiger partial charge is 0.256 e. The fourth-order valence-electron chi connectivity index (χ4n) is 2.65. The molecule has 1 aromatic carbocycles. The van der Waals surface area contributed by atoms with Gasteiger partial charge in [-0.1, -0.05) is 15.9 Å². The molecule has 2 heterocycles. The summed E-state index contributed by atoms with van der Waals surface area (Å²) in [6.07, 6.45) is 1.67. The van der Waals surface area contributed by atoms with Gasteiger partial charge in [0.15, 0.2) is 0 Å². The van der Waals surface area contributed by atoms with Crippen LogP contribution in [0.3, 0.4) is 0 Å². The maximum atomic E-state index is 14.4. The van der Waals surface area contributed by atoms with Crippen LogP contribution in [0.15, 0.2) is 34.9 Å². The van der Waals surface area contributed by atoms with E-state index in [0.717, 1.165) is 11.4 Å². The van der Waals surface area contributed by atoms with E-state index in [2.05, 4.69) is 20.9 Å². The van der Waals surface area contributed by atoms with Crippen LogP contribution in [0.25, 0.3) is 0 Å². The molecule has 1 aromatic heterocycles. The van der Waals surface area contributed by atoms with Crippen molar-refractivity contribution in [2.45, 2.75) is 13.1 Å². The van der Waals surface area contributed by atoms with Gasteiger partial charge < -0.3 is 9.80 Å². The van der Waals surface area contributed by atoms with Crippen LogP contribution in [0.2, 0.25) is 0 Å². The van der Waals surface area contributed by atoms with Crippen molar-refractivity contribution in [3.05, 3.63) is 57.6 Å². The van der Waals surface area contributed by atoms with Gasteiger partial charge in [0.1, 0.15) is 5.82 Å². The molecule has 2 aromatic rings. The minimum atomic E-state index is -0.324. The van der Waals surface area contributed by atoms with Crippen LogP contribution in [-0.4, -0.2) is 29.9 Å². The van der Waals surface area contributed by atoms with E-state index < -0.39 is 0 Å². The molecular weight excluding hydrogens is 349 g/mol. The SMILES string of the molecule is CN(C)c1cc(Br)cc(F)c1CN1Cc2ncccc2C1=O. The molecule has 4 nitrogen and oxygen atoms in total. The molecule has 0 saturated heterocycles. The van der Waals surface area contributed by atoms with Gasteiger partial charge in [0.05, 0.1) is 24.3 Å². The van der Waals surface area contributed by atoms with Crippen LogP contribution < -0.4 is 4.90 Å². The van der Waals surface area contributed by atoms with Crippen LogP contribution in [0, 0.1) is 5.82 Å². The number of pyridine rings is 1. The second-order valence-electron chi connectivity index (χ2n) is 5.44. The van der Waals surface area contributed by atoms with Gasteiger partial charge in [0.2, 0.25) is 0 Å². The monoisotopic (exact) mass is 363 g/mol. The van der Waals surface area contributed by atoms with E-state index in [4.69, 9.17) is 0 Å². The number of rotatable bonds is 3. The molecule has 3 rings (SSSR count). The van der Waals surface area contributed by atoms with Crippen molar-refractivity contribution >= 4 is 27.5 Å². The zero-order chi connectivity index (χ0) is 15.9. The molecule has 0 spiro atoms. The molecular formula is C16H15BrFN3O. The molecule has 22 heavy (non-hydrogen) atoms. The van der Waals surface area contributed by atoms with Crippen LogP contribution in [0.5, 0.6) is 0 Å². The van der Waals surface area contributed by atoms with Gasteiger partial charge in [-0.15, -0.1) is 0 Å². The van der Waals surface area contributed by atoms with E-state index in [1.165, 1.54) is 6.07 Å². The van der Waals surface area contributed by atoms with Gasteiger partial charge in [-0.3, -0.25) is 9.78 Å². The summed E-state index contributed by atoms with van der Waals surface area (Å²) in [4.78, 5) is 20.1. The predicted octanol–water partition coefficient (Wildman–Crippen LogP) is 3.21. The van der Waals surface area contributed by atoms with Crippen molar-refractivity contribution in [1.82, 2.24) is 9.88 Å². The summed E-state index contributed by atoms with van der Waals surface area (Å²) in [5, 5.41) is 0. The first-order valence-corrected chi connectivity index (χ1v) is 7.65. The summed E-state index contributed by atoms with van der Waals surface area (Å²) in [7, 11) is 3.71. The Labute approximate surface area is 136 Å². The Morgan fingerprint density at radius 1 is 1.41 bits per heavy atom. The molecule has 0 saturated carbocycles. The Morgan fingerprint density at radius 3 is 2.86 bits per heavy atom. The van der Waals surface area contributed by atoms with Gasteiger partial charge in [-0.2, -0.15) is 0 Å². The molecule has 0 N–H and O–H groups in total. The lowest BCUT2D eigenvalue weighted by molar-refractivity contribution is 0.0765. The standard InChI is InChI=1S/C16H15BrFN3O/c1-20(2)15-7-10(17)6-13(18)12(15)8-21-9-14-11(16(21)22)4-3-5-19-14/h3-7H,8-9H2,1-2H3. The molecule has 6 heteroatoms. The van der Waals surface area contributed by atoms with E-state index in [9.17, 15) is 9.18 Å². The van der Waals surface area contributed by atoms with Gasteiger partial charge in [0.25, 0.3) is 5.91 Å². The van der Waals surface area contributed by atoms with Crippen molar-refractivity contribution in [1.29, 1.82) is 0 Å². The average molecular weight is 364 g/mol. The Balaban J connectivity index is 1.94. The van der Waals surface area contributed by atoms with E-state index in [1.54, 1.807) is 23.2 Å². The number of hydrogen-bond acceptors (Lipinski definition) is 3. The van der Waals surface area contributed by atoms with E-state index in [1.807, 2.05) is 25.1 Å². The third kappa shape index (κ3) is 2.59. The van der Waals surface area contributed by atoms with Crippen LogP contribution >= 0.6 is 15.9 Å². The minimum absolute atomic E-state index is 0.102. The fourth-order valence-corrected chi connectivity index (χ4v) is 3.06. The molecule has 1 aliphatic rings. The number of hydrogen-bond donors (Lipinski definition) is 0. The number of fused-ring (bicyclic) bond motifs is 1. The van der Waals surface area contributed by atoms with Gasteiger partial charge in [-0.25, -0.2) is 4.39 Å². The van der Waals surface area contributed by atoms with Gasteiger partial charge >= 0.3 is 0 Å². The van der Waals surface area contributed by atoms with Crippen molar-refractivity contribution in [2.24, 2.45) is 0 Å². The number of nitrogens with zero attached hydrogens (tertiary/aromatic N) is 3. The maximum Gasteiger partial charge on any atom is 0.256 e.